The Kier molecular flexibility index (Phi) is 4.37. The van der Waals surface area contributed by atoms with E-state index in [2.05, 4.69) is 0 Å². The zero-order valence-corrected chi connectivity index (χ0v) is 11.6. The van der Waals surface area contributed by atoms with E-state index in [-0.39, 0.29) is 17.4 Å². The van der Waals surface area contributed by atoms with Gasteiger partial charge in [-0.05, 0) is 12.1 Å². The van der Waals surface area contributed by atoms with E-state index in [0.717, 1.165) is 17.0 Å². The number of amides is 1. The minimum absolute atomic E-state index is 0.138. The van der Waals surface area contributed by atoms with Crippen molar-refractivity contribution < 1.29 is 19.4 Å². The molecule has 5 nitrogen and oxygen atoms in total. The van der Waals surface area contributed by atoms with Crippen LogP contribution in [-0.2, 0) is 4.79 Å². The Hall–Kier alpha value is -2.34. The lowest BCUT2D eigenvalue weighted by atomic mass is 10.3. The topological polar surface area (TPSA) is 66.8 Å². The number of para-hydroxylation sites is 1. The third-order valence-electron chi connectivity index (χ3n) is 2.67. The Morgan fingerprint density at radius 1 is 1.30 bits per heavy atom. The molecular formula is C14H13NO4S. The number of anilines is 1. The van der Waals surface area contributed by atoms with Crippen molar-refractivity contribution in [2.45, 2.75) is 0 Å². The highest BCUT2D eigenvalue weighted by Crippen LogP contribution is 2.21. The number of hydrogen-bond donors (Lipinski definition) is 1. The summed E-state index contributed by atoms with van der Waals surface area (Å²) in [4.78, 5) is 24.3. The monoisotopic (exact) mass is 291 g/mol. The first-order valence-corrected chi connectivity index (χ1v) is 6.72. The number of aromatic carboxylic acids is 1. The summed E-state index contributed by atoms with van der Waals surface area (Å²) in [5, 5.41) is 10.4. The molecule has 0 aliphatic rings. The number of likely N-dealkylation sites (N-methyl/N-ethyl adjacent to an activating group) is 1. The van der Waals surface area contributed by atoms with Crippen LogP contribution in [-0.4, -0.2) is 30.6 Å². The van der Waals surface area contributed by atoms with Gasteiger partial charge in [0.05, 0.1) is 0 Å². The van der Waals surface area contributed by atoms with Crippen molar-refractivity contribution in [2.75, 3.05) is 18.6 Å². The molecule has 0 aliphatic carbocycles. The summed E-state index contributed by atoms with van der Waals surface area (Å²) < 4.78 is 5.30. The quantitative estimate of drug-likeness (QED) is 0.919. The lowest BCUT2D eigenvalue weighted by Crippen LogP contribution is -2.31. The van der Waals surface area contributed by atoms with Crippen LogP contribution in [0.3, 0.4) is 0 Å². The van der Waals surface area contributed by atoms with Gasteiger partial charge in [-0.2, -0.15) is 0 Å². The summed E-state index contributed by atoms with van der Waals surface area (Å²) in [6, 6.07) is 10.6. The van der Waals surface area contributed by atoms with Crippen molar-refractivity contribution in [3.05, 3.63) is 46.7 Å². The van der Waals surface area contributed by atoms with Crippen LogP contribution in [0.15, 0.2) is 41.8 Å². The molecule has 0 radical (unpaired) electrons. The maximum Gasteiger partial charge on any atom is 0.346 e. The number of carbonyl (C=O) groups is 2. The summed E-state index contributed by atoms with van der Waals surface area (Å²) in [7, 11) is 1.66. The van der Waals surface area contributed by atoms with Gasteiger partial charge in [-0.3, -0.25) is 4.79 Å². The average molecular weight is 291 g/mol. The molecule has 0 saturated heterocycles. The highest BCUT2D eigenvalue weighted by Gasteiger charge is 2.13. The number of rotatable bonds is 5. The lowest BCUT2D eigenvalue weighted by molar-refractivity contribution is -0.120. The predicted molar refractivity (Wildman–Crippen MR) is 76.6 cm³/mol. The molecule has 1 N–H and O–H groups in total. The fraction of sp³-hybridized carbons (Fsp3) is 0.143. The molecule has 0 atom stereocenters. The summed E-state index contributed by atoms with van der Waals surface area (Å²) >= 11 is 1.06. The first-order valence-electron chi connectivity index (χ1n) is 5.84. The van der Waals surface area contributed by atoms with Gasteiger partial charge in [0, 0.05) is 24.2 Å². The van der Waals surface area contributed by atoms with Gasteiger partial charge >= 0.3 is 5.97 Å². The van der Waals surface area contributed by atoms with Gasteiger partial charge in [0.1, 0.15) is 10.6 Å². The highest BCUT2D eigenvalue weighted by molar-refractivity contribution is 7.12. The second-order valence-corrected chi connectivity index (χ2v) is 4.94. The first kappa shape index (κ1) is 14.1. The van der Waals surface area contributed by atoms with Crippen molar-refractivity contribution >= 4 is 28.9 Å². The van der Waals surface area contributed by atoms with Crippen LogP contribution in [0.4, 0.5) is 5.69 Å². The van der Waals surface area contributed by atoms with E-state index in [1.165, 1.54) is 11.0 Å². The van der Waals surface area contributed by atoms with Crippen LogP contribution in [0.25, 0.3) is 0 Å². The fourth-order valence-electron chi connectivity index (χ4n) is 1.54. The molecule has 2 aromatic rings. The molecule has 104 valence electrons. The molecule has 2 rings (SSSR count). The molecule has 0 spiro atoms. The maximum absolute atomic E-state index is 11.9. The SMILES string of the molecule is CN(C(=O)COc1csc(C(=O)O)c1)c1ccccc1. The van der Waals surface area contributed by atoms with Crippen LogP contribution < -0.4 is 9.64 Å². The van der Waals surface area contributed by atoms with Crippen molar-refractivity contribution in [3.8, 4) is 5.75 Å². The third-order valence-corrected chi connectivity index (χ3v) is 3.56. The molecule has 0 fully saturated rings. The van der Waals surface area contributed by atoms with E-state index in [4.69, 9.17) is 9.84 Å². The zero-order valence-electron chi connectivity index (χ0n) is 10.8. The number of ether oxygens (including phenoxy) is 1. The molecular weight excluding hydrogens is 278 g/mol. The van der Waals surface area contributed by atoms with Crippen molar-refractivity contribution in [1.29, 1.82) is 0 Å². The second kappa shape index (κ2) is 6.21. The molecule has 0 bridgehead atoms. The number of benzene rings is 1. The predicted octanol–water partition coefficient (Wildman–Crippen LogP) is 2.49. The van der Waals surface area contributed by atoms with Gasteiger partial charge in [-0.1, -0.05) is 18.2 Å². The molecule has 1 aromatic carbocycles. The first-order chi connectivity index (χ1) is 9.58. The largest absolute Gasteiger partial charge is 0.483 e. The normalized spacial score (nSPS) is 10.1. The van der Waals surface area contributed by atoms with E-state index in [9.17, 15) is 9.59 Å². The fourth-order valence-corrected chi connectivity index (χ4v) is 2.21. The Bertz CT molecular complexity index is 609. The van der Waals surface area contributed by atoms with E-state index in [1.807, 2.05) is 30.3 Å². The minimum Gasteiger partial charge on any atom is -0.483 e. The van der Waals surface area contributed by atoms with Crippen molar-refractivity contribution in [1.82, 2.24) is 0 Å². The number of carboxylic acid groups (broad SMARTS) is 1. The number of carboxylic acids is 1. The Morgan fingerprint density at radius 3 is 2.60 bits per heavy atom. The van der Waals surface area contributed by atoms with Crippen LogP contribution in [0.5, 0.6) is 5.75 Å². The molecule has 1 aromatic heterocycles. The van der Waals surface area contributed by atoms with Gasteiger partial charge in [-0.15, -0.1) is 11.3 Å². The molecule has 20 heavy (non-hydrogen) atoms. The van der Waals surface area contributed by atoms with Gasteiger partial charge in [0.2, 0.25) is 0 Å². The number of carbonyl (C=O) groups excluding carboxylic acids is 1. The van der Waals surface area contributed by atoms with Crippen LogP contribution in [0.2, 0.25) is 0 Å². The standard InChI is InChI=1S/C14H13NO4S/c1-15(10-5-3-2-4-6-10)13(16)8-19-11-7-12(14(17)18)20-9-11/h2-7,9H,8H2,1H3,(H,17,18). The zero-order chi connectivity index (χ0) is 14.5. The average Bonchev–Trinajstić information content (AvgIpc) is 2.94. The number of nitrogens with zero attached hydrogens (tertiary/aromatic N) is 1. The third kappa shape index (κ3) is 3.36. The molecule has 0 saturated carbocycles. The minimum atomic E-state index is -1.00. The molecule has 6 heteroatoms. The van der Waals surface area contributed by atoms with Crippen LogP contribution in [0.1, 0.15) is 9.67 Å². The summed E-state index contributed by atoms with van der Waals surface area (Å²) in [6.45, 7) is -0.138. The summed E-state index contributed by atoms with van der Waals surface area (Å²) in [5.41, 5.74) is 0.776. The van der Waals surface area contributed by atoms with Crippen LogP contribution >= 0.6 is 11.3 Å². The molecule has 0 unspecified atom stereocenters. The van der Waals surface area contributed by atoms with Gasteiger partial charge in [-0.25, -0.2) is 4.79 Å². The van der Waals surface area contributed by atoms with E-state index < -0.39 is 5.97 Å². The number of thiophene rings is 1. The highest BCUT2D eigenvalue weighted by atomic mass is 32.1. The molecule has 1 amide bonds. The smallest absolute Gasteiger partial charge is 0.346 e. The Labute approximate surface area is 120 Å². The second-order valence-electron chi connectivity index (χ2n) is 4.03. The van der Waals surface area contributed by atoms with E-state index in [1.54, 1.807) is 12.4 Å². The number of hydrogen-bond acceptors (Lipinski definition) is 4. The maximum atomic E-state index is 11.9. The van der Waals surface area contributed by atoms with Crippen molar-refractivity contribution in [2.24, 2.45) is 0 Å². The Morgan fingerprint density at radius 2 is 2.00 bits per heavy atom. The van der Waals surface area contributed by atoms with Gasteiger partial charge < -0.3 is 14.7 Å². The lowest BCUT2D eigenvalue weighted by Gasteiger charge is -2.17. The molecule has 1 heterocycles. The van der Waals surface area contributed by atoms with E-state index in [0.29, 0.717) is 5.75 Å². The van der Waals surface area contributed by atoms with Gasteiger partial charge in [0.25, 0.3) is 5.91 Å². The van der Waals surface area contributed by atoms with Crippen molar-refractivity contribution in [3.63, 3.8) is 0 Å². The molecule has 0 aliphatic heterocycles. The Balaban J connectivity index is 1.93. The summed E-state index contributed by atoms with van der Waals surface area (Å²) in [6.07, 6.45) is 0. The summed E-state index contributed by atoms with van der Waals surface area (Å²) in [5.74, 6) is -0.820. The van der Waals surface area contributed by atoms with E-state index >= 15 is 0 Å². The van der Waals surface area contributed by atoms with Crippen LogP contribution in [0, 0.1) is 0 Å². The van der Waals surface area contributed by atoms with Gasteiger partial charge in [0.15, 0.2) is 6.61 Å².